The molecule has 1 fully saturated rings. The molecule has 4 heterocycles. The van der Waals surface area contributed by atoms with Crippen LogP contribution in [0.15, 0.2) is 18.5 Å². The van der Waals surface area contributed by atoms with Crippen molar-refractivity contribution in [1.82, 2.24) is 29.9 Å². The van der Waals surface area contributed by atoms with Crippen molar-refractivity contribution in [2.45, 2.75) is 46.1 Å². The first kappa shape index (κ1) is 20.3. The first-order valence-electron chi connectivity index (χ1n) is 10.6. The molecule has 1 atom stereocenters. The average Bonchev–Trinajstić information content (AvgIpc) is 3.12. The molecule has 0 spiro atoms. The highest BCUT2D eigenvalue weighted by atomic mass is 16.5. The fourth-order valence-electron chi connectivity index (χ4n) is 3.81. The Hall–Kier alpha value is -2.94. The number of imidazole rings is 1. The van der Waals surface area contributed by atoms with Crippen molar-refractivity contribution in [3.8, 4) is 6.01 Å². The molecule has 0 saturated carbocycles. The molecule has 0 bridgehead atoms. The van der Waals surface area contributed by atoms with Crippen LogP contribution in [0.3, 0.4) is 0 Å². The lowest BCUT2D eigenvalue weighted by Gasteiger charge is -2.35. The third kappa shape index (κ3) is 4.16. The van der Waals surface area contributed by atoms with E-state index in [1.54, 1.807) is 10.7 Å². The molecule has 0 aliphatic carbocycles. The van der Waals surface area contributed by atoms with E-state index in [9.17, 15) is 0 Å². The van der Waals surface area contributed by atoms with Gasteiger partial charge in [0.1, 0.15) is 5.82 Å². The largest absolute Gasteiger partial charge is 0.462 e. The van der Waals surface area contributed by atoms with Gasteiger partial charge in [0.2, 0.25) is 0 Å². The summed E-state index contributed by atoms with van der Waals surface area (Å²) in [5.74, 6) is 1.38. The van der Waals surface area contributed by atoms with E-state index in [0.717, 1.165) is 49.6 Å². The van der Waals surface area contributed by atoms with E-state index in [1.807, 2.05) is 6.20 Å². The number of aromatic nitrogens is 5. The Balaban J connectivity index is 1.57. The predicted octanol–water partition coefficient (Wildman–Crippen LogP) is 1.98. The standard InChI is InChI=1S/C21H30N8O/c1-4-5-8-30-21-26-18(22)20-25-13-17(29(20)27-21)10-16-9-14(2)19(24-12-16)28-7-6-23-11-15(28)3/h9,12-13,15,23H,4-8,10-11H2,1-3H3,(H2,22,26,27). The van der Waals surface area contributed by atoms with Crippen LogP contribution >= 0.6 is 0 Å². The third-order valence-corrected chi connectivity index (χ3v) is 5.43. The maximum atomic E-state index is 6.07. The Morgan fingerprint density at radius 1 is 1.30 bits per heavy atom. The predicted molar refractivity (Wildman–Crippen MR) is 117 cm³/mol. The molecule has 0 aromatic carbocycles. The summed E-state index contributed by atoms with van der Waals surface area (Å²) in [6.45, 7) is 9.96. The zero-order chi connectivity index (χ0) is 21.1. The molecule has 3 N–H and O–H groups in total. The van der Waals surface area contributed by atoms with Gasteiger partial charge in [-0.3, -0.25) is 0 Å². The van der Waals surface area contributed by atoms with E-state index >= 15 is 0 Å². The van der Waals surface area contributed by atoms with Crippen LogP contribution in [0.1, 0.15) is 43.5 Å². The van der Waals surface area contributed by atoms with Crippen LogP contribution < -0.4 is 20.7 Å². The smallest absolute Gasteiger partial charge is 0.336 e. The number of nitrogen functional groups attached to an aromatic ring is 1. The van der Waals surface area contributed by atoms with Crippen LogP contribution in [-0.2, 0) is 6.42 Å². The molecule has 0 radical (unpaired) electrons. The molecule has 1 aliphatic rings. The molecule has 0 amide bonds. The fraction of sp³-hybridized carbons (Fsp3) is 0.524. The van der Waals surface area contributed by atoms with Crippen molar-refractivity contribution in [2.24, 2.45) is 0 Å². The van der Waals surface area contributed by atoms with Crippen LogP contribution in [0.2, 0.25) is 0 Å². The van der Waals surface area contributed by atoms with E-state index in [4.69, 9.17) is 15.5 Å². The van der Waals surface area contributed by atoms with Crippen LogP contribution in [-0.4, -0.2) is 56.8 Å². The number of pyridine rings is 1. The van der Waals surface area contributed by atoms with Gasteiger partial charge in [-0.1, -0.05) is 19.4 Å². The summed E-state index contributed by atoms with van der Waals surface area (Å²) >= 11 is 0. The lowest BCUT2D eigenvalue weighted by molar-refractivity contribution is 0.280. The Bertz CT molecular complexity index is 1020. The zero-order valence-corrected chi connectivity index (χ0v) is 17.9. The number of aryl methyl sites for hydroxylation is 1. The van der Waals surface area contributed by atoms with Gasteiger partial charge in [-0.05, 0) is 31.4 Å². The maximum absolute atomic E-state index is 6.07. The minimum Gasteiger partial charge on any atom is -0.462 e. The first-order chi connectivity index (χ1) is 14.6. The normalized spacial score (nSPS) is 16.9. The lowest BCUT2D eigenvalue weighted by Crippen LogP contribution is -2.50. The molecule has 30 heavy (non-hydrogen) atoms. The van der Waals surface area contributed by atoms with Crippen LogP contribution in [0, 0.1) is 6.92 Å². The molecule has 3 aromatic heterocycles. The number of fused-ring (bicyclic) bond motifs is 1. The quantitative estimate of drug-likeness (QED) is 0.570. The average molecular weight is 411 g/mol. The highest BCUT2D eigenvalue weighted by Crippen LogP contribution is 2.23. The molecule has 9 nitrogen and oxygen atoms in total. The SMILES string of the molecule is CCCCOc1nc(N)c2ncc(Cc3cnc(N4CCNCC4C)c(C)c3)n2n1. The monoisotopic (exact) mass is 410 g/mol. The van der Waals surface area contributed by atoms with Gasteiger partial charge in [0.05, 0.1) is 18.5 Å². The van der Waals surface area contributed by atoms with Gasteiger partial charge in [-0.25, -0.2) is 14.5 Å². The second-order valence-corrected chi connectivity index (χ2v) is 7.87. The Kier molecular flexibility index (Phi) is 5.98. The molecular weight excluding hydrogens is 380 g/mol. The number of piperazine rings is 1. The van der Waals surface area contributed by atoms with Crippen molar-refractivity contribution in [1.29, 1.82) is 0 Å². The van der Waals surface area contributed by atoms with E-state index in [1.165, 1.54) is 5.56 Å². The molecular formula is C21H30N8O. The van der Waals surface area contributed by atoms with Gasteiger partial charge in [0.25, 0.3) is 0 Å². The van der Waals surface area contributed by atoms with Crippen LogP contribution in [0.25, 0.3) is 5.65 Å². The van der Waals surface area contributed by atoms with Crippen LogP contribution in [0.5, 0.6) is 6.01 Å². The molecule has 3 aromatic rings. The summed E-state index contributed by atoms with van der Waals surface area (Å²) in [5.41, 5.74) is 9.81. The Morgan fingerprint density at radius 3 is 2.93 bits per heavy atom. The van der Waals surface area contributed by atoms with Crippen LogP contribution in [0.4, 0.5) is 11.6 Å². The summed E-state index contributed by atoms with van der Waals surface area (Å²) in [7, 11) is 0. The van der Waals surface area contributed by atoms with Gasteiger partial charge >= 0.3 is 6.01 Å². The summed E-state index contributed by atoms with van der Waals surface area (Å²) in [5, 5.41) is 7.92. The van der Waals surface area contributed by atoms with Crippen molar-refractivity contribution in [3.63, 3.8) is 0 Å². The number of unbranched alkanes of at least 4 members (excludes halogenated alkanes) is 1. The zero-order valence-electron chi connectivity index (χ0n) is 17.9. The number of ether oxygens (including phenoxy) is 1. The maximum Gasteiger partial charge on any atom is 0.336 e. The van der Waals surface area contributed by atoms with Gasteiger partial charge in [-0.15, -0.1) is 5.10 Å². The van der Waals surface area contributed by atoms with E-state index in [-0.39, 0.29) is 6.01 Å². The van der Waals surface area contributed by atoms with Crippen molar-refractivity contribution >= 4 is 17.3 Å². The number of hydrogen-bond donors (Lipinski definition) is 2. The molecule has 4 rings (SSSR count). The second kappa shape index (κ2) is 8.83. The summed E-state index contributed by atoms with van der Waals surface area (Å²) in [6.07, 6.45) is 6.37. The number of rotatable bonds is 7. The van der Waals surface area contributed by atoms with E-state index < -0.39 is 0 Å². The Labute approximate surface area is 176 Å². The number of nitrogens with one attached hydrogen (secondary N) is 1. The highest BCUT2D eigenvalue weighted by molar-refractivity contribution is 5.60. The fourth-order valence-corrected chi connectivity index (χ4v) is 3.81. The number of nitrogens with two attached hydrogens (primary N) is 1. The highest BCUT2D eigenvalue weighted by Gasteiger charge is 2.21. The second-order valence-electron chi connectivity index (χ2n) is 7.87. The van der Waals surface area contributed by atoms with Crippen molar-refractivity contribution < 1.29 is 4.74 Å². The molecule has 1 unspecified atom stereocenters. The van der Waals surface area contributed by atoms with E-state index in [0.29, 0.717) is 30.5 Å². The number of anilines is 2. The third-order valence-electron chi connectivity index (χ3n) is 5.43. The molecule has 160 valence electrons. The minimum absolute atomic E-state index is 0.282. The summed E-state index contributed by atoms with van der Waals surface area (Å²) in [4.78, 5) is 15.8. The van der Waals surface area contributed by atoms with Crippen molar-refractivity contribution in [3.05, 3.63) is 35.3 Å². The topological polar surface area (TPSA) is 106 Å². The lowest BCUT2D eigenvalue weighted by atomic mass is 10.1. The minimum atomic E-state index is 0.282. The summed E-state index contributed by atoms with van der Waals surface area (Å²) in [6, 6.07) is 2.91. The van der Waals surface area contributed by atoms with Gasteiger partial charge in [0.15, 0.2) is 11.5 Å². The summed E-state index contributed by atoms with van der Waals surface area (Å²) < 4.78 is 7.38. The van der Waals surface area contributed by atoms with Crippen molar-refractivity contribution in [2.75, 3.05) is 36.9 Å². The Morgan fingerprint density at radius 2 is 2.17 bits per heavy atom. The van der Waals surface area contributed by atoms with E-state index in [2.05, 4.69) is 52.1 Å². The first-order valence-corrected chi connectivity index (χ1v) is 10.6. The van der Waals surface area contributed by atoms with Gasteiger partial charge < -0.3 is 20.7 Å². The van der Waals surface area contributed by atoms with Gasteiger partial charge in [0, 0.05) is 38.3 Å². The number of nitrogens with zero attached hydrogens (tertiary/aromatic N) is 6. The van der Waals surface area contributed by atoms with Gasteiger partial charge in [-0.2, -0.15) is 4.98 Å². The molecule has 9 heteroatoms. The molecule has 1 saturated heterocycles. The molecule has 1 aliphatic heterocycles. The number of hydrogen-bond acceptors (Lipinski definition) is 8.